The van der Waals surface area contributed by atoms with Gasteiger partial charge in [0.2, 0.25) is 0 Å². The second-order valence-electron chi connectivity index (χ2n) is 4.58. The molecule has 0 aliphatic rings. The molecule has 0 aliphatic carbocycles. The maximum absolute atomic E-state index is 10.4. The predicted octanol–water partition coefficient (Wildman–Crippen LogP) is 3.79. The van der Waals surface area contributed by atoms with Crippen molar-refractivity contribution in [1.29, 1.82) is 0 Å². The lowest BCUT2D eigenvalue weighted by atomic mass is 10.0. The maximum Gasteiger partial charge on any atom is 0.115 e. The highest BCUT2D eigenvalue weighted by molar-refractivity contribution is 7.11. The molecule has 0 aliphatic heterocycles. The van der Waals surface area contributed by atoms with Gasteiger partial charge in [-0.05, 0) is 31.4 Å². The van der Waals surface area contributed by atoms with E-state index in [1.807, 2.05) is 26.0 Å². The fraction of sp³-hybridized carbons (Fsp3) is 0.400. The lowest BCUT2D eigenvalue weighted by Crippen LogP contribution is -2.00. The van der Waals surface area contributed by atoms with Crippen molar-refractivity contribution >= 4 is 11.3 Å². The van der Waals surface area contributed by atoms with Crippen LogP contribution < -0.4 is 0 Å². The molecule has 1 aromatic heterocycles. The monoisotopic (exact) mass is 261 g/mol. The number of thiazole rings is 1. The molecule has 1 aromatic carbocycles. The Balaban J connectivity index is 2.30. The number of aryl methyl sites for hydroxylation is 3. The molecule has 1 unspecified atom stereocenters. The normalized spacial score (nSPS) is 12.7. The maximum atomic E-state index is 10.4. The molecule has 2 rings (SSSR count). The number of hydrogen-bond acceptors (Lipinski definition) is 3. The molecule has 0 spiro atoms. The largest absolute Gasteiger partial charge is 0.383 e. The van der Waals surface area contributed by atoms with Gasteiger partial charge >= 0.3 is 0 Å². The van der Waals surface area contributed by atoms with Crippen LogP contribution in [0.2, 0.25) is 0 Å². The van der Waals surface area contributed by atoms with E-state index in [1.54, 1.807) is 11.3 Å². The Morgan fingerprint density at radius 2 is 2.11 bits per heavy atom. The van der Waals surface area contributed by atoms with Crippen LogP contribution in [0.3, 0.4) is 0 Å². The number of aromatic nitrogens is 1. The van der Waals surface area contributed by atoms with Gasteiger partial charge in [-0.3, -0.25) is 0 Å². The van der Waals surface area contributed by atoms with E-state index in [0.29, 0.717) is 0 Å². The number of rotatable bonds is 4. The molecule has 1 atom stereocenters. The Bertz CT molecular complexity index is 533. The summed E-state index contributed by atoms with van der Waals surface area (Å²) in [6, 6.07) is 8.22. The summed E-state index contributed by atoms with van der Waals surface area (Å²) in [6.45, 7) is 6.10. The van der Waals surface area contributed by atoms with E-state index in [0.717, 1.165) is 34.0 Å². The van der Waals surface area contributed by atoms with E-state index in [4.69, 9.17) is 0 Å². The average Bonchev–Trinajstić information content (AvgIpc) is 2.68. The number of hydrogen-bond donors (Lipinski definition) is 1. The molecule has 3 heteroatoms. The molecule has 1 N–H and O–H groups in total. The van der Waals surface area contributed by atoms with Crippen molar-refractivity contribution in [1.82, 2.24) is 4.98 Å². The first-order chi connectivity index (χ1) is 8.61. The van der Waals surface area contributed by atoms with Crippen LogP contribution in [-0.2, 0) is 6.42 Å². The first-order valence-electron chi connectivity index (χ1n) is 6.32. The molecule has 0 radical (unpaired) electrons. The molecular weight excluding hydrogens is 242 g/mol. The third-order valence-electron chi connectivity index (χ3n) is 2.99. The van der Waals surface area contributed by atoms with Gasteiger partial charge < -0.3 is 5.11 Å². The topological polar surface area (TPSA) is 33.1 Å². The van der Waals surface area contributed by atoms with Gasteiger partial charge in [-0.1, -0.05) is 37.6 Å². The van der Waals surface area contributed by atoms with E-state index >= 15 is 0 Å². The second kappa shape index (κ2) is 5.63. The third kappa shape index (κ3) is 2.79. The van der Waals surface area contributed by atoms with Crippen LogP contribution >= 0.6 is 11.3 Å². The van der Waals surface area contributed by atoms with Crippen molar-refractivity contribution in [3.63, 3.8) is 0 Å². The van der Waals surface area contributed by atoms with Crippen molar-refractivity contribution in [2.75, 3.05) is 0 Å². The first kappa shape index (κ1) is 13.2. The SMILES string of the molecule is CCCc1cccc(C(O)c2sc(C)nc2C)c1. The van der Waals surface area contributed by atoms with Crippen molar-refractivity contribution < 1.29 is 5.11 Å². The van der Waals surface area contributed by atoms with Crippen LogP contribution in [0.4, 0.5) is 0 Å². The molecule has 0 fully saturated rings. The standard InChI is InChI=1S/C15H19NOS/c1-4-6-12-7-5-8-13(9-12)14(17)15-10(2)16-11(3)18-15/h5,7-9,14,17H,4,6H2,1-3H3. The molecule has 2 aromatic rings. The van der Waals surface area contributed by atoms with Crippen molar-refractivity contribution in [2.45, 2.75) is 39.7 Å². The van der Waals surface area contributed by atoms with Gasteiger partial charge in [-0.2, -0.15) is 0 Å². The zero-order valence-electron chi connectivity index (χ0n) is 11.1. The van der Waals surface area contributed by atoms with Crippen LogP contribution in [0.5, 0.6) is 0 Å². The Hall–Kier alpha value is -1.19. The van der Waals surface area contributed by atoms with Crippen LogP contribution in [-0.4, -0.2) is 10.1 Å². The molecule has 0 bridgehead atoms. The number of aliphatic hydroxyl groups is 1. The molecule has 0 amide bonds. The van der Waals surface area contributed by atoms with E-state index in [-0.39, 0.29) is 0 Å². The lowest BCUT2D eigenvalue weighted by molar-refractivity contribution is 0.223. The summed E-state index contributed by atoms with van der Waals surface area (Å²) in [5, 5.41) is 11.5. The predicted molar refractivity (Wildman–Crippen MR) is 76.1 cm³/mol. The highest BCUT2D eigenvalue weighted by Crippen LogP contribution is 2.30. The number of nitrogens with zero attached hydrogens (tertiary/aromatic N) is 1. The minimum absolute atomic E-state index is 0.548. The molecule has 0 saturated carbocycles. The summed E-state index contributed by atoms with van der Waals surface area (Å²) in [6.07, 6.45) is 1.63. The van der Waals surface area contributed by atoms with Crippen LogP contribution in [0.1, 0.15) is 46.2 Å². The average molecular weight is 261 g/mol. The van der Waals surface area contributed by atoms with Crippen LogP contribution in [0.15, 0.2) is 24.3 Å². The Kier molecular flexibility index (Phi) is 4.15. The van der Waals surface area contributed by atoms with E-state index < -0.39 is 6.10 Å². The summed E-state index contributed by atoms with van der Waals surface area (Å²) in [4.78, 5) is 5.33. The van der Waals surface area contributed by atoms with Gasteiger partial charge in [-0.25, -0.2) is 4.98 Å². The van der Waals surface area contributed by atoms with Gasteiger partial charge in [0.05, 0.1) is 15.6 Å². The fourth-order valence-electron chi connectivity index (χ4n) is 2.16. The highest BCUT2D eigenvalue weighted by atomic mass is 32.1. The molecule has 2 nitrogen and oxygen atoms in total. The summed E-state index contributed by atoms with van der Waals surface area (Å²) in [5.41, 5.74) is 3.19. The zero-order chi connectivity index (χ0) is 13.1. The third-order valence-corrected chi connectivity index (χ3v) is 4.12. The van der Waals surface area contributed by atoms with Crippen molar-refractivity contribution in [2.24, 2.45) is 0 Å². The van der Waals surface area contributed by atoms with E-state index in [1.165, 1.54) is 5.56 Å². The lowest BCUT2D eigenvalue weighted by Gasteiger charge is -2.11. The molecule has 0 saturated heterocycles. The van der Waals surface area contributed by atoms with E-state index in [9.17, 15) is 5.11 Å². The molecule has 18 heavy (non-hydrogen) atoms. The Morgan fingerprint density at radius 3 is 2.72 bits per heavy atom. The Labute approximate surface area is 112 Å². The minimum atomic E-state index is -0.548. The van der Waals surface area contributed by atoms with Gasteiger partial charge in [0, 0.05) is 0 Å². The molecule has 1 heterocycles. The van der Waals surface area contributed by atoms with E-state index in [2.05, 4.69) is 24.0 Å². The first-order valence-corrected chi connectivity index (χ1v) is 7.14. The summed E-state index contributed by atoms with van der Waals surface area (Å²) >= 11 is 1.58. The number of benzene rings is 1. The smallest absolute Gasteiger partial charge is 0.115 e. The minimum Gasteiger partial charge on any atom is -0.383 e. The zero-order valence-corrected chi connectivity index (χ0v) is 11.9. The molecule has 96 valence electrons. The fourth-order valence-corrected chi connectivity index (χ4v) is 3.10. The highest BCUT2D eigenvalue weighted by Gasteiger charge is 2.16. The van der Waals surface area contributed by atoms with Gasteiger partial charge in [0.1, 0.15) is 6.10 Å². The number of aliphatic hydroxyl groups excluding tert-OH is 1. The van der Waals surface area contributed by atoms with Crippen LogP contribution in [0.25, 0.3) is 0 Å². The summed E-state index contributed by atoms with van der Waals surface area (Å²) in [7, 11) is 0. The quantitative estimate of drug-likeness (QED) is 0.908. The second-order valence-corrected chi connectivity index (χ2v) is 5.81. The van der Waals surface area contributed by atoms with Gasteiger partial charge in [-0.15, -0.1) is 11.3 Å². The Morgan fingerprint density at radius 1 is 1.33 bits per heavy atom. The van der Waals surface area contributed by atoms with Crippen LogP contribution in [0, 0.1) is 13.8 Å². The van der Waals surface area contributed by atoms with Crippen molar-refractivity contribution in [3.05, 3.63) is 51.0 Å². The summed E-state index contributed by atoms with van der Waals surface area (Å²) < 4.78 is 0. The summed E-state index contributed by atoms with van der Waals surface area (Å²) in [5.74, 6) is 0. The van der Waals surface area contributed by atoms with Gasteiger partial charge in [0.15, 0.2) is 0 Å². The van der Waals surface area contributed by atoms with Gasteiger partial charge in [0.25, 0.3) is 0 Å². The molecular formula is C15H19NOS. The van der Waals surface area contributed by atoms with Crippen molar-refractivity contribution in [3.8, 4) is 0 Å².